The van der Waals surface area contributed by atoms with Crippen molar-refractivity contribution >= 4 is 16.0 Å². The van der Waals surface area contributed by atoms with Crippen molar-refractivity contribution < 1.29 is 13.2 Å². The third-order valence-corrected chi connectivity index (χ3v) is 4.89. The van der Waals surface area contributed by atoms with Crippen LogP contribution in [0, 0.1) is 0 Å². The standard InChI is InChI=1S/C10H17N5O3S/c1-7-10(2,3-4-18-7)15-19(16,17)8-5-12-9(14-11)13-6-8/h5-7,15H,3-4,11H2,1-2H3,(H,12,13,14). The molecule has 19 heavy (non-hydrogen) atoms. The molecular weight excluding hydrogens is 270 g/mol. The molecule has 1 aliphatic rings. The Morgan fingerprint density at radius 3 is 2.58 bits per heavy atom. The molecule has 0 spiro atoms. The SMILES string of the molecule is CC1OCCC1(C)NS(=O)(=O)c1cnc(NN)nc1. The maximum absolute atomic E-state index is 12.2. The summed E-state index contributed by atoms with van der Waals surface area (Å²) in [5.74, 6) is 5.28. The van der Waals surface area contributed by atoms with Gasteiger partial charge in [-0.15, -0.1) is 0 Å². The monoisotopic (exact) mass is 287 g/mol. The van der Waals surface area contributed by atoms with E-state index < -0.39 is 15.6 Å². The summed E-state index contributed by atoms with van der Waals surface area (Å²) < 4.78 is 32.5. The van der Waals surface area contributed by atoms with Crippen molar-refractivity contribution in [2.45, 2.75) is 36.8 Å². The van der Waals surface area contributed by atoms with Gasteiger partial charge < -0.3 is 4.74 Å². The molecule has 0 bridgehead atoms. The predicted molar refractivity (Wildman–Crippen MR) is 68.6 cm³/mol. The summed E-state index contributed by atoms with van der Waals surface area (Å²) in [4.78, 5) is 7.56. The number of hydrazine groups is 1. The van der Waals surface area contributed by atoms with E-state index in [1.165, 1.54) is 12.4 Å². The zero-order valence-electron chi connectivity index (χ0n) is 10.8. The minimum atomic E-state index is -3.68. The third kappa shape index (κ3) is 2.84. The first-order valence-corrected chi connectivity index (χ1v) is 7.30. The molecule has 0 saturated carbocycles. The minimum absolute atomic E-state index is 0.00757. The van der Waals surface area contributed by atoms with Crippen LogP contribution in [-0.4, -0.2) is 36.6 Å². The molecule has 2 atom stereocenters. The number of nitrogens with zero attached hydrogens (tertiary/aromatic N) is 2. The average molecular weight is 287 g/mol. The summed E-state index contributed by atoms with van der Waals surface area (Å²) in [6.07, 6.45) is 2.84. The van der Waals surface area contributed by atoms with Crippen LogP contribution in [-0.2, 0) is 14.8 Å². The number of aromatic nitrogens is 2. The average Bonchev–Trinajstić information content (AvgIpc) is 2.68. The molecule has 0 aliphatic carbocycles. The summed E-state index contributed by atoms with van der Waals surface area (Å²) in [5.41, 5.74) is 1.61. The fraction of sp³-hybridized carbons (Fsp3) is 0.600. The smallest absolute Gasteiger partial charge is 0.244 e. The minimum Gasteiger partial charge on any atom is -0.376 e. The molecule has 0 aromatic carbocycles. The number of ether oxygens (including phenoxy) is 1. The van der Waals surface area contributed by atoms with Crippen LogP contribution >= 0.6 is 0 Å². The molecule has 1 saturated heterocycles. The fourth-order valence-electron chi connectivity index (χ4n) is 1.86. The number of anilines is 1. The zero-order valence-corrected chi connectivity index (χ0v) is 11.6. The molecule has 2 heterocycles. The van der Waals surface area contributed by atoms with Crippen LogP contribution in [0.15, 0.2) is 17.3 Å². The number of rotatable bonds is 4. The van der Waals surface area contributed by atoms with Gasteiger partial charge in [0.1, 0.15) is 4.90 Å². The Kier molecular flexibility index (Phi) is 3.72. The topological polar surface area (TPSA) is 119 Å². The van der Waals surface area contributed by atoms with Gasteiger partial charge in [-0.3, -0.25) is 5.43 Å². The number of sulfonamides is 1. The first-order chi connectivity index (χ1) is 8.87. The summed E-state index contributed by atoms with van der Waals surface area (Å²) in [6.45, 7) is 4.19. The highest BCUT2D eigenvalue weighted by Gasteiger charge is 2.40. The number of nitrogens with one attached hydrogen (secondary N) is 2. The molecule has 1 aromatic heterocycles. The summed E-state index contributed by atoms with van der Waals surface area (Å²) in [5, 5.41) is 0. The molecule has 1 aliphatic heterocycles. The lowest BCUT2D eigenvalue weighted by atomic mass is 9.97. The number of nitrogens with two attached hydrogens (primary N) is 1. The second-order valence-electron chi connectivity index (χ2n) is 4.67. The highest BCUT2D eigenvalue weighted by atomic mass is 32.2. The Bertz CT molecular complexity index is 547. The number of nitrogen functional groups attached to an aromatic ring is 1. The van der Waals surface area contributed by atoms with Gasteiger partial charge in [0.2, 0.25) is 16.0 Å². The van der Waals surface area contributed by atoms with Crippen LogP contribution in [0.5, 0.6) is 0 Å². The largest absolute Gasteiger partial charge is 0.376 e. The van der Waals surface area contributed by atoms with Crippen molar-refractivity contribution in [1.29, 1.82) is 0 Å². The second kappa shape index (κ2) is 5.00. The van der Waals surface area contributed by atoms with Gasteiger partial charge in [-0.25, -0.2) is 29.0 Å². The molecule has 8 nitrogen and oxygen atoms in total. The van der Waals surface area contributed by atoms with E-state index in [0.717, 1.165) is 0 Å². The van der Waals surface area contributed by atoms with Gasteiger partial charge in [0.05, 0.1) is 24.0 Å². The molecule has 0 amide bonds. The van der Waals surface area contributed by atoms with Crippen LogP contribution in [0.4, 0.5) is 5.95 Å². The second-order valence-corrected chi connectivity index (χ2v) is 6.36. The van der Waals surface area contributed by atoms with Gasteiger partial charge >= 0.3 is 0 Å². The Morgan fingerprint density at radius 2 is 2.11 bits per heavy atom. The fourth-order valence-corrected chi connectivity index (χ4v) is 3.25. The van der Waals surface area contributed by atoms with Gasteiger partial charge in [0, 0.05) is 6.61 Å². The van der Waals surface area contributed by atoms with Crippen molar-refractivity contribution in [1.82, 2.24) is 14.7 Å². The van der Waals surface area contributed by atoms with Gasteiger partial charge in [0.25, 0.3) is 0 Å². The molecular formula is C10H17N5O3S. The molecule has 0 radical (unpaired) electrons. The van der Waals surface area contributed by atoms with E-state index in [1.54, 1.807) is 0 Å². The lowest BCUT2D eigenvalue weighted by molar-refractivity contribution is 0.0957. The van der Waals surface area contributed by atoms with E-state index in [1.807, 2.05) is 13.8 Å². The van der Waals surface area contributed by atoms with E-state index in [-0.39, 0.29) is 16.9 Å². The molecule has 1 aromatic rings. The van der Waals surface area contributed by atoms with E-state index in [2.05, 4.69) is 20.1 Å². The third-order valence-electron chi connectivity index (χ3n) is 3.32. The molecule has 1 fully saturated rings. The van der Waals surface area contributed by atoms with Crippen molar-refractivity contribution in [2.24, 2.45) is 5.84 Å². The normalized spacial score (nSPS) is 27.4. The van der Waals surface area contributed by atoms with E-state index in [4.69, 9.17) is 10.6 Å². The van der Waals surface area contributed by atoms with Crippen LogP contribution in [0.25, 0.3) is 0 Å². The van der Waals surface area contributed by atoms with Crippen LogP contribution in [0.2, 0.25) is 0 Å². The lowest BCUT2D eigenvalue weighted by Crippen LogP contribution is -2.50. The van der Waals surface area contributed by atoms with Gasteiger partial charge in [-0.1, -0.05) is 0 Å². The highest BCUT2D eigenvalue weighted by molar-refractivity contribution is 7.89. The molecule has 2 rings (SSSR count). The maximum atomic E-state index is 12.2. The first-order valence-electron chi connectivity index (χ1n) is 5.82. The van der Waals surface area contributed by atoms with Crippen LogP contribution < -0.4 is 16.0 Å². The van der Waals surface area contributed by atoms with Gasteiger partial charge in [-0.05, 0) is 20.3 Å². The molecule has 106 valence electrons. The summed E-state index contributed by atoms with van der Waals surface area (Å²) in [7, 11) is -3.68. The quantitative estimate of drug-likeness (QED) is 0.509. The lowest BCUT2D eigenvalue weighted by Gasteiger charge is -2.28. The molecule has 9 heteroatoms. The van der Waals surface area contributed by atoms with E-state index >= 15 is 0 Å². The van der Waals surface area contributed by atoms with Gasteiger partial charge in [0.15, 0.2) is 0 Å². The van der Waals surface area contributed by atoms with Crippen molar-refractivity contribution in [3.8, 4) is 0 Å². The predicted octanol–water partition coefficient (Wildman–Crippen LogP) is -0.392. The zero-order chi connectivity index (χ0) is 14.1. The van der Waals surface area contributed by atoms with Crippen molar-refractivity contribution in [3.05, 3.63) is 12.4 Å². The summed E-state index contributed by atoms with van der Waals surface area (Å²) >= 11 is 0. The number of hydrogen-bond acceptors (Lipinski definition) is 7. The van der Waals surface area contributed by atoms with Crippen LogP contribution in [0.3, 0.4) is 0 Å². The first kappa shape index (κ1) is 14.1. The van der Waals surface area contributed by atoms with Crippen molar-refractivity contribution in [2.75, 3.05) is 12.0 Å². The van der Waals surface area contributed by atoms with E-state index in [0.29, 0.717) is 13.0 Å². The molecule has 4 N–H and O–H groups in total. The molecule has 2 unspecified atom stereocenters. The Labute approximate surface area is 111 Å². The van der Waals surface area contributed by atoms with E-state index in [9.17, 15) is 8.42 Å². The Balaban J connectivity index is 2.22. The maximum Gasteiger partial charge on any atom is 0.244 e. The van der Waals surface area contributed by atoms with Crippen LogP contribution in [0.1, 0.15) is 20.3 Å². The van der Waals surface area contributed by atoms with Gasteiger partial charge in [-0.2, -0.15) is 0 Å². The number of hydrogen-bond donors (Lipinski definition) is 3. The Morgan fingerprint density at radius 1 is 1.47 bits per heavy atom. The highest BCUT2D eigenvalue weighted by Crippen LogP contribution is 2.27. The Hall–Kier alpha value is -1.29. The summed E-state index contributed by atoms with van der Waals surface area (Å²) in [6, 6.07) is 0. The van der Waals surface area contributed by atoms with Crippen molar-refractivity contribution in [3.63, 3.8) is 0 Å².